The number of carboxylic acids is 2. The molecule has 1 heterocycles. The van der Waals surface area contributed by atoms with Gasteiger partial charge in [0.25, 0.3) is 0 Å². The average Bonchev–Trinajstić information content (AvgIpc) is 3.59. The van der Waals surface area contributed by atoms with E-state index in [-0.39, 0.29) is 50.4 Å². The molecular weight excluding hydrogens is 1050 g/mol. The third-order valence-corrected chi connectivity index (χ3v) is 14.6. The van der Waals surface area contributed by atoms with Gasteiger partial charge in [0.05, 0.1) is 23.8 Å². The van der Waals surface area contributed by atoms with Gasteiger partial charge in [0.1, 0.15) is 24.9 Å². The van der Waals surface area contributed by atoms with Gasteiger partial charge in [0.2, 0.25) is 5.91 Å². The van der Waals surface area contributed by atoms with E-state index < -0.39 is 91.2 Å². The van der Waals surface area contributed by atoms with Crippen molar-refractivity contribution < 1.29 is 76.9 Å². The van der Waals surface area contributed by atoms with Crippen LogP contribution in [0.3, 0.4) is 0 Å². The van der Waals surface area contributed by atoms with E-state index in [0.717, 1.165) is 51.9 Å². The predicted molar refractivity (Wildman–Crippen MR) is 313 cm³/mol. The van der Waals surface area contributed by atoms with Gasteiger partial charge in [-0.15, -0.1) is 0 Å². The Morgan fingerprint density at radius 3 is 1.56 bits per heavy atom. The van der Waals surface area contributed by atoms with Crippen LogP contribution < -0.4 is 5.32 Å². The van der Waals surface area contributed by atoms with Crippen LogP contribution in [0.15, 0.2) is 72.8 Å². The second-order valence-corrected chi connectivity index (χ2v) is 21.7. The van der Waals surface area contributed by atoms with Crippen LogP contribution >= 0.6 is 0 Å². The van der Waals surface area contributed by atoms with Crippen LogP contribution in [0.4, 0.5) is 0 Å². The summed E-state index contributed by atoms with van der Waals surface area (Å²) in [6.07, 6.45) is 24.3. The molecule has 1 aliphatic rings. The lowest BCUT2D eigenvalue weighted by Gasteiger charge is -2.45. The fraction of sp³-hybridized carbons (Fsp3) is 0.677. The number of amides is 1. The van der Waals surface area contributed by atoms with Crippen LogP contribution in [-0.2, 0) is 57.1 Å². The van der Waals surface area contributed by atoms with E-state index in [1.165, 1.54) is 122 Å². The first-order valence-corrected chi connectivity index (χ1v) is 30.9. The zero-order valence-electron chi connectivity index (χ0n) is 49.8. The van der Waals surface area contributed by atoms with Crippen molar-refractivity contribution in [3.63, 3.8) is 0 Å². The standard InChI is InChI=1S/C65H99NO16/c1-5-7-9-11-13-15-17-19-21-23-25-27-35-44-55(80-63(74)51-39-31-29-32-40-51)54(66-57(69)45-36-28-26-24-22-20-18-16-14-12-10-8-6-2)47-78-65-60(76-46-38-37-43-53(61(70)71)62(72)73)59(82-64(75)52-41-33-30-34-42-52)58(79-50(4)68)56(81-65)48-77-49(3)67/h29-35,39-42,44,53-56,58-60,65H,5-28,36-38,43,45-48H2,1-4H3,(H,66,69)(H,70,71)(H,72,73)/b44-35+/t54-,55+,56+,58-,59-,60+,65-/m0/s1. The first-order chi connectivity index (χ1) is 39.7. The molecule has 3 rings (SSSR count). The van der Waals surface area contributed by atoms with Gasteiger partial charge in [-0.1, -0.05) is 198 Å². The molecule has 17 nitrogen and oxygen atoms in total. The van der Waals surface area contributed by atoms with Gasteiger partial charge < -0.3 is 48.7 Å². The van der Waals surface area contributed by atoms with Crippen molar-refractivity contribution in [3.8, 4) is 0 Å². The highest BCUT2D eigenvalue weighted by atomic mass is 16.7. The summed E-state index contributed by atoms with van der Waals surface area (Å²) in [5, 5.41) is 22.1. The molecule has 0 saturated carbocycles. The van der Waals surface area contributed by atoms with Crippen molar-refractivity contribution in [1.29, 1.82) is 0 Å². The van der Waals surface area contributed by atoms with Crippen molar-refractivity contribution >= 4 is 41.7 Å². The lowest BCUT2D eigenvalue weighted by Crippen LogP contribution is -2.63. The Labute approximate surface area is 488 Å². The molecule has 0 bridgehead atoms. The Morgan fingerprint density at radius 2 is 1.06 bits per heavy atom. The Bertz CT molecular complexity index is 2110. The van der Waals surface area contributed by atoms with Crippen molar-refractivity contribution in [1.82, 2.24) is 5.32 Å². The van der Waals surface area contributed by atoms with Crippen LogP contribution in [0, 0.1) is 5.92 Å². The molecule has 0 spiro atoms. The van der Waals surface area contributed by atoms with E-state index in [2.05, 4.69) is 19.2 Å². The first kappa shape index (κ1) is 70.6. The van der Waals surface area contributed by atoms with Gasteiger partial charge in [-0.25, -0.2) is 9.59 Å². The average molecular weight is 1150 g/mol. The number of ether oxygens (including phenoxy) is 7. The summed E-state index contributed by atoms with van der Waals surface area (Å²) in [6.45, 7) is 5.76. The molecule has 1 aliphatic heterocycles. The number of esters is 4. The number of allylic oxidation sites excluding steroid dienone is 1. The van der Waals surface area contributed by atoms with E-state index >= 15 is 0 Å². The summed E-state index contributed by atoms with van der Waals surface area (Å²) in [5.41, 5.74) is 0.435. The molecule has 0 aromatic heterocycles. The monoisotopic (exact) mass is 1150 g/mol. The summed E-state index contributed by atoms with van der Waals surface area (Å²) in [7, 11) is 0. The SMILES string of the molecule is CCCCCCCCCCCCC/C=C/[C@@H](OC(=O)c1ccccc1)[C@H](CO[C@H]1O[C@H](COC(C)=O)[C@H](OC(C)=O)[C@H](OC(=O)c2ccccc2)[C@H]1OCCCCC(C(=O)O)C(=O)O)NC(=O)CCCCCCCCCCCCCCC. The van der Waals surface area contributed by atoms with Crippen molar-refractivity contribution in [2.45, 2.75) is 257 Å². The fourth-order valence-corrected chi connectivity index (χ4v) is 9.96. The Kier molecular flexibility index (Phi) is 37.8. The van der Waals surface area contributed by atoms with Crippen LogP contribution in [-0.4, -0.2) is 115 Å². The van der Waals surface area contributed by atoms with Gasteiger partial charge in [0.15, 0.2) is 24.4 Å². The molecule has 1 amide bonds. The van der Waals surface area contributed by atoms with E-state index in [1.807, 2.05) is 6.08 Å². The van der Waals surface area contributed by atoms with Crippen LogP contribution in [0.5, 0.6) is 0 Å². The normalized spacial score (nSPS) is 17.7. The maximum atomic E-state index is 14.1. The molecule has 0 unspecified atom stereocenters. The van der Waals surface area contributed by atoms with Gasteiger partial charge in [-0.3, -0.25) is 24.0 Å². The maximum Gasteiger partial charge on any atom is 0.338 e. The number of rotatable bonds is 47. The summed E-state index contributed by atoms with van der Waals surface area (Å²) >= 11 is 0. The largest absolute Gasteiger partial charge is 0.481 e. The Hall–Kier alpha value is -5.65. The molecule has 2 aromatic rings. The van der Waals surface area contributed by atoms with E-state index in [9.17, 15) is 43.8 Å². The second kappa shape index (κ2) is 44.0. The molecule has 460 valence electrons. The number of aliphatic carboxylic acids is 2. The zero-order valence-corrected chi connectivity index (χ0v) is 49.8. The van der Waals surface area contributed by atoms with Crippen molar-refractivity contribution in [2.24, 2.45) is 5.92 Å². The number of benzene rings is 2. The molecule has 0 radical (unpaired) electrons. The van der Waals surface area contributed by atoms with Gasteiger partial charge in [-0.2, -0.15) is 0 Å². The highest BCUT2D eigenvalue weighted by Crippen LogP contribution is 2.31. The maximum absolute atomic E-state index is 14.1. The summed E-state index contributed by atoms with van der Waals surface area (Å²) in [4.78, 5) is 90.4. The zero-order chi connectivity index (χ0) is 59.6. The molecule has 17 heteroatoms. The van der Waals surface area contributed by atoms with Crippen LogP contribution in [0.1, 0.15) is 235 Å². The summed E-state index contributed by atoms with van der Waals surface area (Å²) < 4.78 is 43.1. The highest BCUT2D eigenvalue weighted by Gasteiger charge is 2.52. The quantitative estimate of drug-likeness (QED) is 0.0184. The number of unbranched alkanes of at least 4 members (excludes halogenated alkanes) is 24. The van der Waals surface area contributed by atoms with Crippen molar-refractivity contribution in [3.05, 3.63) is 83.9 Å². The third-order valence-electron chi connectivity index (χ3n) is 14.6. The minimum atomic E-state index is -1.65. The lowest BCUT2D eigenvalue weighted by molar-refractivity contribution is -0.312. The number of hydrogen-bond acceptors (Lipinski definition) is 14. The minimum absolute atomic E-state index is 0.104. The van der Waals surface area contributed by atoms with E-state index in [1.54, 1.807) is 54.6 Å². The molecule has 7 atom stereocenters. The molecule has 82 heavy (non-hydrogen) atoms. The molecule has 3 N–H and O–H groups in total. The Balaban J connectivity index is 1.97. The number of nitrogens with one attached hydrogen (secondary N) is 1. The summed E-state index contributed by atoms with van der Waals surface area (Å²) in [5.74, 6) is -7.87. The van der Waals surface area contributed by atoms with Gasteiger partial charge in [-0.05, 0) is 68.9 Å². The summed E-state index contributed by atoms with van der Waals surface area (Å²) in [6, 6.07) is 15.5. The molecule has 0 aliphatic carbocycles. The van der Waals surface area contributed by atoms with Crippen LogP contribution in [0.25, 0.3) is 0 Å². The first-order valence-electron chi connectivity index (χ1n) is 30.9. The van der Waals surface area contributed by atoms with Crippen LogP contribution in [0.2, 0.25) is 0 Å². The fourth-order valence-electron chi connectivity index (χ4n) is 9.96. The topological polar surface area (TPSA) is 237 Å². The number of carbonyl (C=O) groups is 7. The Morgan fingerprint density at radius 1 is 0.561 bits per heavy atom. The second-order valence-electron chi connectivity index (χ2n) is 21.7. The highest BCUT2D eigenvalue weighted by molar-refractivity contribution is 5.93. The van der Waals surface area contributed by atoms with Gasteiger partial charge in [0, 0.05) is 26.9 Å². The molecule has 1 fully saturated rings. The lowest BCUT2D eigenvalue weighted by atomic mass is 9.97. The number of carboxylic acid groups (broad SMARTS) is 2. The molecular formula is C65H99NO16. The molecule has 1 saturated heterocycles. The third kappa shape index (κ3) is 30.6. The van der Waals surface area contributed by atoms with Crippen molar-refractivity contribution in [2.75, 3.05) is 19.8 Å². The number of carbonyl (C=O) groups excluding carboxylic acids is 5. The smallest absolute Gasteiger partial charge is 0.338 e. The number of hydrogen-bond donors (Lipinski definition) is 3. The minimum Gasteiger partial charge on any atom is -0.481 e. The van der Waals surface area contributed by atoms with Gasteiger partial charge >= 0.3 is 35.8 Å². The molecule has 2 aromatic carbocycles. The van der Waals surface area contributed by atoms with E-state index in [0.29, 0.717) is 18.4 Å². The van der Waals surface area contributed by atoms with E-state index in [4.69, 9.17) is 33.2 Å². The predicted octanol–water partition coefficient (Wildman–Crippen LogP) is 13.2.